The molecule has 0 bridgehead atoms. The normalized spacial score (nSPS) is 22.6. The molecule has 1 aliphatic heterocycles. The Balaban J connectivity index is 2.66. The SMILES string of the molecule is COC(=O)[C@@H]1N=CN=C1C. The zero-order valence-electron chi connectivity index (χ0n) is 5.87. The molecule has 0 aromatic heterocycles. The third kappa shape index (κ3) is 1.05. The van der Waals surface area contributed by atoms with Crippen molar-refractivity contribution in [3.05, 3.63) is 0 Å². The van der Waals surface area contributed by atoms with Gasteiger partial charge in [-0.05, 0) is 6.92 Å². The predicted octanol–water partition coefficient (Wildman–Crippen LogP) is 0.0308. The smallest absolute Gasteiger partial charge is 0.336 e. The van der Waals surface area contributed by atoms with Crippen LogP contribution in [0.2, 0.25) is 0 Å². The zero-order valence-corrected chi connectivity index (χ0v) is 5.87. The van der Waals surface area contributed by atoms with E-state index in [9.17, 15) is 4.79 Å². The molecule has 0 saturated heterocycles. The highest BCUT2D eigenvalue weighted by Gasteiger charge is 2.22. The third-order valence-corrected chi connectivity index (χ3v) is 1.30. The van der Waals surface area contributed by atoms with Gasteiger partial charge < -0.3 is 4.74 Å². The van der Waals surface area contributed by atoms with Crippen LogP contribution >= 0.6 is 0 Å². The molecule has 0 radical (unpaired) electrons. The first-order valence-corrected chi connectivity index (χ1v) is 2.89. The standard InChI is InChI=1S/C6H8N2O2/c1-4-5(6(9)10-2)8-3-7-4/h3,5H,1-2H3/t5-/m1/s1. The minimum absolute atomic E-state index is 0.352. The Hall–Kier alpha value is -1.19. The summed E-state index contributed by atoms with van der Waals surface area (Å²) in [6, 6.07) is -0.495. The van der Waals surface area contributed by atoms with Crippen molar-refractivity contribution in [1.29, 1.82) is 0 Å². The fraction of sp³-hybridized carbons (Fsp3) is 0.500. The molecule has 10 heavy (non-hydrogen) atoms. The number of nitrogens with zero attached hydrogens (tertiary/aromatic N) is 2. The summed E-state index contributed by atoms with van der Waals surface area (Å²) in [5.74, 6) is -0.352. The number of carbonyl (C=O) groups excluding carboxylic acids is 1. The first-order valence-electron chi connectivity index (χ1n) is 2.89. The van der Waals surface area contributed by atoms with Gasteiger partial charge in [-0.15, -0.1) is 0 Å². The Bertz CT molecular complexity index is 208. The van der Waals surface area contributed by atoms with Crippen LogP contribution in [0.5, 0.6) is 0 Å². The van der Waals surface area contributed by atoms with Crippen LogP contribution in [0, 0.1) is 0 Å². The van der Waals surface area contributed by atoms with Crippen molar-refractivity contribution >= 4 is 18.0 Å². The first-order chi connectivity index (χ1) is 4.75. The van der Waals surface area contributed by atoms with Crippen LogP contribution in [0.15, 0.2) is 9.98 Å². The molecule has 1 atom stereocenters. The lowest BCUT2D eigenvalue weighted by atomic mass is 10.2. The molecule has 0 aromatic carbocycles. The van der Waals surface area contributed by atoms with Gasteiger partial charge in [0.1, 0.15) is 6.34 Å². The number of rotatable bonds is 1. The average molecular weight is 140 g/mol. The van der Waals surface area contributed by atoms with Crippen molar-refractivity contribution in [2.24, 2.45) is 9.98 Å². The largest absolute Gasteiger partial charge is 0.467 e. The maximum absolute atomic E-state index is 10.8. The van der Waals surface area contributed by atoms with Gasteiger partial charge >= 0.3 is 5.97 Å². The fourth-order valence-corrected chi connectivity index (χ4v) is 0.713. The summed E-state index contributed by atoms with van der Waals surface area (Å²) < 4.78 is 4.47. The molecule has 1 aliphatic rings. The lowest BCUT2D eigenvalue weighted by Crippen LogP contribution is -2.24. The highest BCUT2D eigenvalue weighted by molar-refractivity contribution is 6.10. The Morgan fingerprint density at radius 3 is 2.90 bits per heavy atom. The highest BCUT2D eigenvalue weighted by atomic mass is 16.5. The summed E-state index contributed by atoms with van der Waals surface area (Å²) in [5.41, 5.74) is 0.687. The Morgan fingerprint density at radius 2 is 2.50 bits per heavy atom. The average Bonchev–Trinajstić information content (AvgIpc) is 2.34. The molecule has 0 spiro atoms. The van der Waals surface area contributed by atoms with Gasteiger partial charge in [0.2, 0.25) is 0 Å². The van der Waals surface area contributed by atoms with E-state index in [1.165, 1.54) is 13.4 Å². The van der Waals surface area contributed by atoms with Crippen LogP contribution in [0.25, 0.3) is 0 Å². The van der Waals surface area contributed by atoms with Gasteiger partial charge in [0.05, 0.1) is 12.8 Å². The molecule has 0 amide bonds. The predicted molar refractivity (Wildman–Crippen MR) is 37.4 cm³/mol. The van der Waals surface area contributed by atoms with Gasteiger partial charge in [0.15, 0.2) is 6.04 Å². The van der Waals surface area contributed by atoms with Crippen LogP contribution in [0.3, 0.4) is 0 Å². The fourth-order valence-electron chi connectivity index (χ4n) is 0.713. The van der Waals surface area contributed by atoms with Crippen LogP contribution in [0.1, 0.15) is 6.92 Å². The van der Waals surface area contributed by atoms with Crippen LogP contribution in [-0.2, 0) is 9.53 Å². The number of hydrogen-bond donors (Lipinski definition) is 0. The number of carbonyl (C=O) groups is 1. The monoisotopic (exact) mass is 140 g/mol. The molecular formula is C6H8N2O2. The van der Waals surface area contributed by atoms with Crippen molar-refractivity contribution in [1.82, 2.24) is 0 Å². The second-order valence-corrected chi connectivity index (χ2v) is 1.96. The lowest BCUT2D eigenvalue weighted by Gasteiger charge is -2.02. The summed E-state index contributed by atoms with van der Waals surface area (Å²) in [4.78, 5) is 18.4. The van der Waals surface area contributed by atoms with Crippen molar-refractivity contribution in [2.75, 3.05) is 7.11 Å². The molecule has 0 fully saturated rings. The van der Waals surface area contributed by atoms with Gasteiger partial charge in [-0.25, -0.2) is 9.79 Å². The van der Waals surface area contributed by atoms with Gasteiger partial charge in [-0.2, -0.15) is 0 Å². The Kier molecular flexibility index (Phi) is 1.80. The van der Waals surface area contributed by atoms with E-state index in [1.54, 1.807) is 6.92 Å². The molecule has 1 heterocycles. The maximum atomic E-state index is 10.8. The molecule has 1 rings (SSSR count). The van der Waals surface area contributed by atoms with E-state index < -0.39 is 6.04 Å². The number of aliphatic imine (C=N–C) groups is 2. The quantitative estimate of drug-likeness (QED) is 0.482. The molecule has 0 saturated carbocycles. The third-order valence-electron chi connectivity index (χ3n) is 1.30. The van der Waals surface area contributed by atoms with E-state index in [1.807, 2.05) is 0 Å². The second-order valence-electron chi connectivity index (χ2n) is 1.96. The van der Waals surface area contributed by atoms with Gasteiger partial charge in [0.25, 0.3) is 0 Å². The van der Waals surface area contributed by atoms with Crippen LogP contribution in [-0.4, -0.2) is 31.2 Å². The second kappa shape index (κ2) is 2.60. The summed E-state index contributed by atoms with van der Waals surface area (Å²) in [7, 11) is 1.34. The van der Waals surface area contributed by atoms with E-state index in [0.717, 1.165) is 0 Å². The number of methoxy groups -OCH3 is 1. The minimum atomic E-state index is -0.495. The molecule has 0 unspecified atom stereocenters. The number of ether oxygens (including phenoxy) is 1. The van der Waals surface area contributed by atoms with Crippen molar-refractivity contribution in [3.8, 4) is 0 Å². The molecule has 4 nitrogen and oxygen atoms in total. The summed E-state index contributed by atoms with van der Waals surface area (Å²) >= 11 is 0. The van der Waals surface area contributed by atoms with Crippen molar-refractivity contribution < 1.29 is 9.53 Å². The molecule has 0 aromatic rings. The van der Waals surface area contributed by atoms with Crippen molar-refractivity contribution in [3.63, 3.8) is 0 Å². The Morgan fingerprint density at radius 1 is 1.80 bits per heavy atom. The van der Waals surface area contributed by atoms with Crippen LogP contribution < -0.4 is 0 Å². The lowest BCUT2D eigenvalue weighted by molar-refractivity contribution is -0.140. The minimum Gasteiger partial charge on any atom is -0.467 e. The van der Waals surface area contributed by atoms with E-state index in [-0.39, 0.29) is 5.97 Å². The summed E-state index contributed by atoms with van der Waals surface area (Å²) in [5, 5.41) is 0. The molecule has 4 heteroatoms. The van der Waals surface area contributed by atoms with Crippen LogP contribution in [0.4, 0.5) is 0 Å². The molecule has 0 N–H and O–H groups in total. The van der Waals surface area contributed by atoms with Crippen molar-refractivity contribution in [2.45, 2.75) is 13.0 Å². The van der Waals surface area contributed by atoms with E-state index in [4.69, 9.17) is 0 Å². The Labute approximate surface area is 58.6 Å². The first kappa shape index (κ1) is 6.92. The zero-order chi connectivity index (χ0) is 7.56. The van der Waals surface area contributed by atoms with E-state index in [2.05, 4.69) is 14.7 Å². The van der Waals surface area contributed by atoms with Gasteiger partial charge in [-0.1, -0.05) is 0 Å². The topological polar surface area (TPSA) is 51.0 Å². The number of esters is 1. The summed E-state index contributed by atoms with van der Waals surface area (Å²) in [6.45, 7) is 1.74. The molecule has 0 aliphatic carbocycles. The number of hydrogen-bond acceptors (Lipinski definition) is 4. The van der Waals surface area contributed by atoms with Gasteiger partial charge in [0, 0.05) is 0 Å². The highest BCUT2D eigenvalue weighted by Crippen LogP contribution is 2.02. The van der Waals surface area contributed by atoms with Gasteiger partial charge in [-0.3, -0.25) is 4.99 Å². The van der Waals surface area contributed by atoms with E-state index in [0.29, 0.717) is 5.71 Å². The maximum Gasteiger partial charge on any atom is 0.336 e. The summed E-state index contributed by atoms with van der Waals surface area (Å²) in [6.07, 6.45) is 1.37. The molecular weight excluding hydrogens is 132 g/mol. The van der Waals surface area contributed by atoms with E-state index >= 15 is 0 Å². The molecule has 54 valence electrons.